The third-order valence-corrected chi connectivity index (χ3v) is 2.98. The van der Waals surface area contributed by atoms with Gasteiger partial charge in [0.1, 0.15) is 0 Å². The van der Waals surface area contributed by atoms with Gasteiger partial charge >= 0.3 is 0 Å². The highest BCUT2D eigenvalue weighted by Crippen LogP contribution is 2.38. The standard InChI is InChI=1S/C8H15N3O/c9-7(10)11-3-1-8(2-4-11)5-12-6-8/h1-6H2,(H3,9,10). The van der Waals surface area contributed by atoms with Crippen LogP contribution in [-0.4, -0.2) is 37.2 Å². The molecule has 0 atom stereocenters. The van der Waals surface area contributed by atoms with Crippen LogP contribution in [0.2, 0.25) is 0 Å². The second-order valence-electron chi connectivity index (χ2n) is 3.87. The molecule has 2 heterocycles. The molecule has 2 aliphatic heterocycles. The molecule has 0 unspecified atom stereocenters. The normalized spacial score (nSPS) is 26.8. The van der Waals surface area contributed by atoms with Crippen molar-refractivity contribution in [1.82, 2.24) is 4.90 Å². The quantitative estimate of drug-likeness (QED) is 0.396. The Hall–Kier alpha value is -0.770. The van der Waals surface area contributed by atoms with Crippen LogP contribution in [0.15, 0.2) is 0 Å². The Morgan fingerprint density at radius 1 is 1.33 bits per heavy atom. The lowest BCUT2D eigenvalue weighted by Crippen LogP contribution is -2.53. The van der Waals surface area contributed by atoms with Gasteiger partial charge in [-0.3, -0.25) is 5.41 Å². The van der Waals surface area contributed by atoms with E-state index in [9.17, 15) is 0 Å². The fraction of sp³-hybridized carbons (Fsp3) is 0.875. The lowest BCUT2D eigenvalue weighted by Gasteiger charge is -2.47. The monoisotopic (exact) mass is 169 g/mol. The molecule has 0 aliphatic carbocycles. The third kappa shape index (κ3) is 1.16. The molecule has 2 aliphatic rings. The van der Waals surface area contributed by atoms with Gasteiger partial charge in [-0.1, -0.05) is 0 Å². The van der Waals surface area contributed by atoms with Crippen LogP contribution in [0.1, 0.15) is 12.8 Å². The summed E-state index contributed by atoms with van der Waals surface area (Å²) < 4.78 is 5.21. The SMILES string of the molecule is N=C(N)N1CCC2(CC1)COC2. The minimum atomic E-state index is 0.213. The van der Waals surface area contributed by atoms with Crippen molar-refractivity contribution in [2.75, 3.05) is 26.3 Å². The molecule has 0 amide bonds. The summed E-state index contributed by atoms with van der Waals surface area (Å²) in [6.45, 7) is 3.69. The summed E-state index contributed by atoms with van der Waals surface area (Å²) in [6, 6.07) is 0. The van der Waals surface area contributed by atoms with E-state index in [1.54, 1.807) is 0 Å². The van der Waals surface area contributed by atoms with E-state index in [4.69, 9.17) is 15.9 Å². The first-order chi connectivity index (χ1) is 5.72. The molecule has 0 aromatic rings. The van der Waals surface area contributed by atoms with E-state index in [1.165, 1.54) is 0 Å². The molecule has 4 heteroatoms. The van der Waals surface area contributed by atoms with Gasteiger partial charge < -0.3 is 15.4 Å². The predicted molar refractivity (Wildman–Crippen MR) is 46.0 cm³/mol. The minimum absolute atomic E-state index is 0.213. The molecule has 0 saturated carbocycles. The van der Waals surface area contributed by atoms with E-state index in [1.807, 2.05) is 4.90 Å². The average molecular weight is 169 g/mol. The van der Waals surface area contributed by atoms with Crippen LogP contribution in [0.3, 0.4) is 0 Å². The minimum Gasteiger partial charge on any atom is -0.380 e. The van der Waals surface area contributed by atoms with Crippen molar-refractivity contribution >= 4 is 5.96 Å². The van der Waals surface area contributed by atoms with E-state index in [0.717, 1.165) is 39.1 Å². The molecule has 0 radical (unpaired) electrons. The van der Waals surface area contributed by atoms with Crippen LogP contribution in [-0.2, 0) is 4.74 Å². The van der Waals surface area contributed by atoms with Crippen LogP contribution >= 0.6 is 0 Å². The second kappa shape index (κ2) is 2.62. The highest BCUT2D eigenvalue weighted by atomic mass is 16.5. The molecule has 2 saturated heterocycles. The van der Waals surface area contributed by atoms with Gasteiger partial charge in [0.15, 0.2) is 5.96 Å². The van der Waals surface area contributed by atoms with Crippen LogP contribution in [0.5, 0.6) is 0 Å². The number of guanidine groups is 1. The van der Waals surface area contributed by atoms with Crippen LogP contribution < -0.4 is 5.73 Å². The molecule has 4 nitrogen and oxygen atoms in total. The maximum Gasteiger partial charge on any atom is 0.188 e. The number of hydrogen-bond donors (Lipinski definition) is 2. The zero-order chi connectivity index (χ0) is 8.60. The van der Waals surface area contributed by atoms with Crippen molar-refractivity contribution < 1.29 is 4.74 Å². The third-order valence-electron chi connectivity index (χ3n) is 2.98. The maximum absolute atomic E-state index is 7.27. The molecule has 68 valence electrons. The maximum atomic E-state index is 7.27. The van der Waals surface area contributed by atoms with Gasteiger partial charge in [-0.2, -0.15) is 0 Å². The highest BCUT2D eigenvalue weighted by Gasteiger charge is 2.41. The summed E-state index contributed by atoms with van der Waals surface area (Å²) in [6.07, 6.45) is 2.26. The van der Waals surface area contributed by atoms with E-state index >= 15 is 0 Å². The molecule has 12 heavy (non-hydrogen) atoms. The molecular formula is C8H15N3O. The molecule has 3 N–H and O–H groups in total. The van der Waals surface area contributed by atoms with Crippen LogP contribution in [0, 0.1) is 10.8 Å². The summed E-state index contributed by atoms with van der Waals surface area (Å²) in [4.78, 5) is 1.93. The number of rotatable bonds is 0. The van der Waals surface area contributed by atoms with E-state index < -0.39 is 0 Å². The first-order valence-corrected chi connectivity index (χ1v) is 4.39. The smallest absolute Gasteiger partial charge is 0.188 e. The molecule has 0 aromatic heterocycles. The zero-order valence-electron chi connectivity index (χ0n) is 7.18. The van der Waals surface area contributed by atoms with E-state index in [-0.39, 0.29) is 5.96 Å². The molecule has 2 fully saturated rings. The van der Waals surface area contributed by atoms with Crippen molar-refractivity contribution in [3.63, 3.8) is 0 Å². The Morgan fingerprint density at radius 2 is 1.92 bits per heavy atom. The molecule has 0 aromatic carbocycles. The average Bonchev–Trinajstić information content (AvgIpc) is 2.02. The van der Waals surface area contributed by atoms with Crippen molar-refractivity contribution in [3.8, 4) is 0 Å². The highest BCUT2D eigenvalue weighted by molar-refractivity contribution is 5.74. The number of nitrogens with two attached hydrogens (primary N) is 1. The Labute approximate surface area is 72.2 Å². The van der Waals surface area contributed by atoms with Gasteiger partial charge in [0.25, 0.3) is 0 Å². The molecule has 1 spiro atoms. The van der Waals surface area contributed by atoms with Crippen LogP contribution in [0.25, 0.3) is 0 Å². The Balaban J connectivity index is 1.88. The van der Waals surface area contributed by atoms with Gasteiger partial charge in [-0.25, -0.2) is 0 Å². The summed E-state index contributed by atoms with van der Waals surface area (Å²) in [7, 11) is 0. The van der Waals surface area contributed by atoms with Gasteiger partial charge in [-0.15, -0.1) is 0 Å². The largest absolute Gasteiger partial charge is 0.380 e. The fourth-order valence-corrected chi connectivity index (χ4v) is 1.90. The number of nitrogens with one attached hydrogen (secondary N) is 1. The fourth-order valence-electron chi connectivity index (χ4n) is 1.90. The Morgan fingerprint density at radius 3 is 2.25 bits per heavy atom. The zero-order valence-corrected chi connectivity index (χ0v) is 7.18. The van der Waals surface area contributed by atoms with Gasteiger partial charge in [0.2, 0.25) is 0 Å². The number of ether oxygens (including phenoxy) is 1. The van der Waals surface area contributed by atoms with Crippen molar-refractivity contribution in [3.05, 3.63) is 0 Å². The lowest BCUT2D eigenvalue weighted by atomic mass is 9.77. The molecule has 0 bridgehead atoms. The summed E-state index contributed by atoms with van der Waals surface area (Å²) in [5.41, 5.74) is 5.84. The predicted octanol–water partition coefficient (Wildman–Crippen LogP) is -0.00773. The summed E-state index contributed by atoms with van der Waals surface area (Å²) >= 11 is 0. The number of piperidine rings is 1. The topological polar surface area (TPSA) is 62.3 Å². The lowest BCUT2D eigenvalue weighted by molar-refractivity contribution is -0.134. The van der Waals surface area contributed by atoms with E-state index in [0.29, 0.717) is 5.41 Å². The van der Waals surface area contributed by atoms with Gasteiger partial charge in [0, 0.05) is 18.5 Å². The number of likely N-dealkylation sites (tertiary alicyclic amines) is 1. The Bertz CT molecular complexity index is 190. The summed E-state index contributed by atoms with van der Waals surface area (Å²) in [5.74, 6) is 0.213. The number of hydrogen-bond acceptors (Lipinski definition) is 2. The van der Waals surface area contributed by atoms with Gasteiger partial charge in [0.05, 0.1) is 13.2 Å². The Kier molecular flexibility index (Phi) is 1.72. The van der Waals surface area contributed by atoms with Crippen molar-refractivity contribution in [2.45, 2.75) is 12.8 Å². The van der Waals surface area contributed by atoms with E-state index in [2.05, 4.69) is 0 Å². The molecular weight excluding hydrogens is 154 g/mol. The van der Waals surface area contributed by atoms with Gasteiger partial charge in [-0.05, 0) is 12.8 Å². The van der Waals surface area contributed by atoms with Crippen molar-refractivity contribution in [2.24, 2.45) is 11.1 Å². The van der Waals surface area contributed by atoms with Crippen LogP contribution in [0.4, 0.5) is 0 Å². The number of nitrogens with zero attached hydrogens (tertiary/aromatic N) is 1. The summed E-state index contributed by atoms with van der Waals surface area (Å²) in [5, 5.41) is 7.27. The first kappa shape index (κ1) is 7.86. The molecule has 2 rings (SSSR count). The van der Waals surface area contributed by atoms with Crippen molar-refractivity contribution in [1.29, 1.82) is 5.41 Å². The second-order valence-corrected chi connectivity index (χ2v) is 3.87. The first-order valence-electron chi connectivity index (χ1n) is 4.39.